The highest BCUT2D eigenvalue weighted by molar-refractivity contribution is 5.87. The minimum Gasteiger partial charge on any atom is -0.373 e. The van der Waals surface area contributed by atoms with Crippen molar-refractivity contribution >= 4 is 11.6 Å². The van der Waals surface area contributed by atoms with Crippen LogP contribution >= 0.6 is 0 Å². The van der Waals surface area contributed by atoms with Crippen LogP contribution in [0.25, 0.3) is 0 Å². The number of fused-ring (bicyclic) bond motifs is 1. The lowest BCUT2D eigenvalue weighted by Crippen LogP contribution is -2.49. The van der Waals surface area contributed by atoms with Crippen molar-refractivity contribution in [2.75, 3.05) is 12.0 Å². The van der Waals surface area contributed by atoms with Crippen molar-refractivity contribution in [2.24, 2.45) is 5.92 Å². The third-order valence-electron chi connectivity index (χ3n) is 4.19. The van der Waals surface area contributed by atoms with Crippen molar-refractivity contribution in [3.8, 4) is 0 Å². The Morgan fingerprint density at radius 3 is 2.90 bits per heavy atom. The predicted molar refractivity (Wildman–Crippen MR) is 72.9 cm³/mol. The van der Waals surface area contributed by atoms with Gasteiger partial charge < -0.3 is 10.6 Å². The number of carbonyl (C=O) groups is 1. The van der Waals surface area contributed by atoms with Crippen LogP contribution in [0, 0.1) is 18.7 Å². The maximum Gasteiger partial charge on any atom is 0.243 e. The lowest BCUT2D eigenvalue weighted by Gasteiger charge is -2.34. The molecule has 1 aliphatic heterocycles. The third-order valence-corrected chi connectivity index (χ3v) is 4.19. The Hall–Kier alpha value is -1.65. The van der Waals surface area contributed by atoms with Crippen LogP contribution in [-0.4, -0.2) is 24.7 Å². The number of hydrogen-bond acceptors (Lipinski definition) is 2. The largest absolute Gasteiger partial charge is 0.373 e. The number of alkyl halides is 1. The van der Waals surface area contributed by atoms with Crippen LogP contribution in [0.15, 0.2) is 12.1 Å². The molecular formula is C15H18F2N2O. The van der Waals surface area contributed by atoms with Crippen molar-refractivity contribution < 1.29 is 13.6 Å². The van der Waals surface area contributed by atoms with Gasteiger partial charge in [0.1, 0.15) is 11.9 Å². The van der Waals surface area contributed by atoms with E-state index in [-0.39, 0.29) is 30.4 Å². The molecule has 1 heterocycles. The Balaban J connectivity index is 1.61. The maximum absolute atomic E-state index is 13.8. The fourth-order valence-corrected chi connectivity index (χ4v) is 2.99. The van der Waals surface area contributed by atoms with Crippen LogP contribution in [-0.2, 0) is 11.2 Å². The summed E-state index contributed by atoms with van der Waals surface area (Å²) in [7, 11) is 0. The second-order valence-corrected chi connectivity index (χ2v) is 5.87. The van der Waals surface area contributed by atoms with E-state index in [9.17, 15) is 13.6 Å². The number of amides is 1. The van der Waals surface area contributed by atoms with Crippen LogP contribution in [0.5, 0.6) is 0 Å². The minimum absolute atomic E-state index is 0.0698. The molecule has 1 aliphatic carbocycles. The smallest absolute Gasteiger partial charge is 0.243 e. The number of halogens is 2. The van der Waals surface area contributed by atoms with Gasteiger partial charge in [-0.25, -0.2) is 4.39 Å². The van der Waals surface area contributed by atoms with E-state index in [0.29, 0.717) is 30.5 Å². The first-order valence-corrected chi connectivity index (χ1v) is 6.98. The maximum atomic E-state index is 13.8. The highest BCUT2D eigenvalue weighted by Crippen LogP contribution is 2.31. The van der Waals surface area contributed by atoms with Gasteiger partial charge in [0.25, 0.3) is 0 Å². The van der Waals surface area contributed by atoms with Crippen molar-refractivity contribution in [3.63, 3.8) is 0 Å². The van der Waals surface area contributed by atoms with E-state index in [0.717, 1.165) is 5.56 Å². The topological polar surface area (TPSA) is 41.1 Å². The van der Waals surface area contributed by atoms with Crippen LogP contribution in [0.2, 0.25) is 0 Å². The van der Waals surface area contributed by atoms with Gasteiger partial charge in [-0.15, -0.1) is 0 Å². The van der Waals surface area contributed by atoms with Crippen LogP contribution in [0.4, 0.5) is 14.5 Å². The Kier molecular flexibility index (Phi) is 3.36. The van der Waals surface area contributed by atoms with Crippen molar-refractivity contribution in [2.45, 2.75) is 38.3 Å². The summed E-state index contributed by atoms with van der Waals surface area (Å²) in [5.74, 6) is -0.293. The average molecular weight is 280 g/mol. The molecule has 1 unspecified atom stereocenters. The van der Waals surface area contributed by atoms with E-state index in [1.165, 1.54) is 6.07 Å². The van der Waals surface area contributed by atoms with Crippen molar-refractivity contribution in [1.82, 2.24) is 5.32 Å². The monoisotopic (exact) mass is 280 g/mol. The Labute approximate surface area is 116 Å². The molecule has 0 saturated heterocycles. The lowest BCUT2D eigenvalue weighted by molar-refractivity contribution is -0.123. The zero-order valence-electron chi connectivity index (χ0n) is 11.4. The van der Waals surface area contributed by atoms with Gasteiger partial charge in [0.2, 0.25) is 5.91 Å². The Bertz CT molecular complexity index is 541. The summed E-state index contributed by atoms with van der Waals surface area (Å²) in [6.45, 7) is 1.51. The summed E-state index contributed by atoms with van der Waals surface area (Å²) in [6, 6.07) is 2.98. The van der Waals surface area contributed by atoms with Gasteiger partial charge in [0, 0.05) is 23.7 Å². The van der Waals surface area contributed by atoms with E-state index in [4.69, 9.17) is 0 Å². The van der Waals surface area contributed by atoms with E-state index in [1.54, 1.807) is 0 Å². The SMILES string of the molecule is Cc1cc(F)c2c(c1)NC(C(=O)NC1CC(CF)C1)C2. The van der Waals surface area contributed by atoms with Gasteiger partial charge in [-0.05, 0) is 43.4 Å². The lowest BCUT2D eigenvalue weighted by atomic mass is 9.81. The third kappa shape index (κ3) is 2.37. The Morgan fingerprint density at radius 1 is 1.45 bits per heavy atom. The number of carbonyl (C=O) groups excluding carboxylic acids is 1. The molecule has 5 heteroatoms. The van der Waals surface area contributed by atoms with Gasteiger partial charge in [0.05, 0.1) is 6.67 Å². The molecular weight excluding hydrogens is 262 g/mol. The fraction of sp³-hybridized carbons (Fsp3) is 0.533. The molecule has 2 aliphatic rings. The first kappa shape index (κ1) is 13.3. The number of benzene rings is 1. The highest BCUT2D eigenvalue weighted by atomic mass is 19.1. The van der Waals surface area contributed by atoms with E-state index >= 15 is 0 Å². The van der Waals surface area contributed by atoms with Gasteiger partial charge in [-0.1, -0.05) is 0 Å². The predicted octanol–water partition coefficient (Wildman–Crippen LogP) is 2.34. The molecule has 1 fully saturated rings. The molecule has 0 aromatic heterocycles. The molecule has 0 spiro atoms. The molecule has 3 nitrogen and oxygen atoms in total. The molecule has 1 aromatic carbocycles. The van der Waals surface area contributed by atoms with Gasteiger partial charge >= 0.3 is 0 Å². The van der Waals surface area contributed by atoms with Crippen LogP contribution < -0.4 is 10.6 Å². The first-order valence-electron chi connectivity index (χ1n) is 6.98. The number of anilines is 1. The number of aryl methyl sites for hydroxylation is 1. The van der Waals surface area contributed by atoms with Crippen LogP contribution in [0.1, 0.15) is 24.0 Å². The van der Waals surface area contributed by atoms with Gasteiger partial charge in [-0.3, -0.25) is 9.18 Å². The summed E-state index contributed by atoms with van der Waals surface area (Å²) < 4.78 is 26.2. The number of rotatable bonds is 3. The van der Waals surface area contributed by atoms with E-state index < -0.39 is 6.04 Å². The molecule has 1 aromatic rings. The van der Waals surface area contributed by atoms with Crippen molar-refractivity contribution in [3.05, 3.63) is 29.1 Å². The molecule has 0 radical (unpaired) electrons. The minimum atomic E-state index is -0.425. The standard InChI is InChI=1S/C15H18F2N2O/c1-8-2-12(17)11-6-14(19-13(11)3-8)15(20)18-10-4-9(5-10)7-16/h2-3,9-10,14,19H,4-7H2,1H3,(H,18,20). The quantitative estimate of drug-likeness (QED) is 0.892. The zero-order chi connectivity index (χ0) is 14.3. The molecule has 1 amide bonds. The first-order chi connectivity index (χ1) is 9.56. The normalized spacial score (nSPS) is 27.4. The number of nitrogens with one attached hydrogen (secondary N) is 2. The average Bonchev–Trinajstić information content (AvgIpc) is 2.77. The molecule has 108 valence electrons. The summed E-state index contributed by atoms with van der Waals surface area (Å²) in [6.07, 6.45) is 1.78. The van der Waals surface area contributed by atoms with Crippen LogP contribution in [0.3, 0.4) is 0 Å². The second-order valence-electron chi connectivity index (χ2n) is 5.87. The highest BCUT2D eigenvalue weighted by Gasteiger charge is 2.34. The van der Waals surface area contributed by atoms with Gasteiger partial charge in [-0.2, -0.15) is 0 Å². The Morgan fingerprint density at radius 2 is 2.20 bits per heavy atom. The molecule has 1 saturated carbocycles. The second kappa shape index (κ2) is 5.04. The summed E-state index contributed by atoms with van der Waals surface area (Å²) in [4.78, 5) is 12.1. The molecule has 0 bridgehead atoms. The zero-order valence-corrected chi connectivity index (χ0v) is 11.4. The van der Waals surface area contributed by atoms with Gasteiger partial charge in [0.15, 0.2) is 0 Å². The molecule has 20 heavy (non-hydrogen) atoms. The number of hydrogen-bond donors (Lipinski definition) is 2. The summed E-state index contributed by atoms with van der Waals surface area (Å²) in [5.41, 5.74) is 2.11. The summed E-state index contributed by atoms with van der Waals surface area (Å²) >= 11 is 0. The summed E-state index contributed by atoms with van der Waals surface area (Å²) in [5, 5.41) is 5.97. The fourth-order valence-electron chi connectivity index (χ4n) is 2.99. The molecule has 2 N–H and O–H groups in total. The molecule has 1 atom stereocenters. The van der Waals surface area contributed by atoms with Crippen molar-refractivity contribution in [1.29, 1.82) is 0 Å². The van der Waals surface area contributed by atoms with E-state index in [2.05, 4.69) is 10.6 Å². The van der Waals surface area contributed by atoms with E-state index in [1.807, 2.05) is 13.0 Å². The molecule has 3 rings (SSSR count).